The normalized spacial score (nSPS) is 15.4. The van der Waals surface area contributed by atoms with E-state index in [1.54, 1.807) is 17.4 Å². The number of halogens is 1. The number of thiophene rings is 1. The number of amides is 1. The van der Waals surface area contributed by atoms with Gasteiger partial charge in [0.1, 0.15) is 0 Å². The second-order valence-corrected chi connectivity index (χ2v) is 6.48. The zero-order chi connectivity index (χ0) is 15.4. The fraction of sp³-hybridized carbons (Fsp3) is 0.235. The van der Waals surface area contributed by atoms with E-state index in [9.17, 15) is 4.79 Å². The monoisotopic (exact) mass is 333 g/mol. The van der Waals surface area contributed by atoms with Crippen LogP contribution in [0.5, 0.6) is 0 Å². The molecule has 3 rings (SSSR count). The first-order chi connectivity index (χ1) is 10.7. The minimum atomic E-state index is 0.0380. The van der Waals surface area contributed by atoms with Crippen molar-refractivity contribution in [1.29, 1.82) is 0 Å². The van der Waals surface area contributed by atoms with Gasteiger partial charge in [-0.1, -0.05) is 29.8 Å². The number of nitrogens with zero attached hydrogens (tertiary/aromatic N) is 1. The van der Waals surface area contributed by atoms with Crippen LogP contribution in [0.2, 0.25) is 5.02 Å². The van der Waals surface area contributed by atoms with Crippen molar-refractivity contribution < 1.29 is 9.53 Å². The highest BCUT2D eigenvalue weighted by Gasteiger charge is 2.14. The van der Waals surface area contributed by atoms with Gasteiger partial charge in [0.15, 0.2) is 0 Å². The molecule has 1 saturated heterocycles. The number of ether oxygens (including phenoxy) is 1. The number of hydrogen-bond acceptors (Lipinski definition) is 3. The molecule has 22 heavy (non-hydrogen) atoms. The van der Waals surface area contributed by atoms with Gasteiger partial charge in [0.25, 0.3) is 0 Å². The summed E-state index contributed by atoms with van der Waals surface area (Å²) in [4.78, 5) is 16.0. The molecule has 5 heteroatoms. The Hall–Kier alpha value is -1.62. The van der Waals surface area contributed by atoms with Crippen LogP contribution in [0.4, 0.5) is 0 Å². The van der Waals surface area contributed by atoms with Crippen molar-refractivity contribution in [2.24, 2.45) is 0 Å². The summed E-state index contributed by atoms with van der Waals surface area (Å²) in [7, 11) is 0. The zero-order valence-corrected chi connectivity index (χ0v) is 13.6. The lowest BCUT2D eigenvalue weighted by Crippen LogP contribution is -2.39. The lowest BCUT2D eigenvalue weighted by molar-refractivity contribution is -0.129. The van der Waals surface area contributed by atoms with Gasteiger partial charge >= 0.3 is 0 Å². The molecule has 2 heterocycles. The van der Waals surface area contributed by atoms with Crippen molar-refractivity contribution in [3.05, 3.63) is 52.4 Å². The maximum Gasteiger partial charge on any atom is 0.246 e. The highest BCUT2D eigenvalue weighted by Crippen LogP contribution is 2.33. The summed E-state index contributed by atoms with van der Waals surface area (Å²) in [6.07, 6.45) is 3.50. The fourth-order valence-electron chi connectivity index (χ4n) is 2.29. The Morgan fingerprint density at radius 2 is 1.95 bits per heavy atom. The smallest absolute Gasteiger partial charge is 0.246 e. The topological polar surface area (TPSA) is 29.5 Å². The van der Waals surface area contributed by atoms with Gasteiger partial charge in [-0.3, -0.25) is 4.79 Å². The third kappa shape index (κ3) is 3.58. The van der Waals surface area contributed by atoms with Crippen LogP contribution in [0.1, 0.15) is 4.88 Å². The second-order valence-electron chi connectivity index (χ2n) is 4.95. The largest absolute Gasteiger partial charge is 0.378 e. The first-order valence-electron chi connectivity index (χ1n) is 7.13. The lowest BCUT2D eigenvalue weighted by atomic mass is 10.2. The SMILES string of the molecule is O=C(/C=C/c1ccc(-c2ccccc2Cl)s1)N1CCOCC1. The van der Waals surface area contributed by atoms with E-state index in [-0.39, 0.29) is 5.91 Å². The predicted molar refractivity (Wildman–Crippen MR) is 91.2 cm³/mol. The van der Waals surface area contributed by atoms with Crippen molar-refractivity contribution in [3.8, 4) is 10.4 Å². The van der Waals surface area contributed by atoms with E-state index >= 15 is 0 Å². The first kappa shape index (κ1) is 15.3. The Morgan fingerprint density at radius 1 is 1.18 bits per heavy atom. The summed E-state index contributed by atoms with van der Waals surface area (Å²) in [5.41, 5.74) is 1.02. The van der Waals surface area contributed by atoms with E-state index in [4.69, 9.17) is 16.3 Å². The molecular formula is C17H16ClNO2S. The fourth-order valence-corrected chi connectivity index (χ4v) is 3.53. The molecule has 0 radical (unpaired) electrons. The van der Waals surface area contributed by atoms with Crippen LogP contribution in [0.15, 0.2) is 42.5 Å². The molecule has 0 saturated carbocycles. The average molecular weight is 334 g/mol. The molecule has 0 atom stereocenters. The average Bonchev–Trinajstić information content (AvgIpc) is 3.02. The summed E-state index contributed by atoms with van der Waals surface area (Å²) < 4.78 is 5.25. The Kier molecular flexibility index (Phi) is 4.93. The molecule has 1 aliphatic rings. The third-order valence-corrected chi connectivity index (χ3v) is 4.89. The molecule has 0 spiro atoms. The minimum absolute atomic E-state index is 0.0380. The molecule has 1 amide bonds. The molecule has 0 N–H and O–H groups in total. The highest BCUT2D eigenvalue weighted by atomic mass is 35.5. The van der Waals surface area contributed by atoms with E-state index in [1.807, 2.05) is 47.4 Å². The van der Waals surface area contributed by atoms with Crippen molar-refractivity contribution >= 4 is 34.9 Å². The van der Waals surface area contributed by atoms with Crippen LogP contribution in [0.25, 0.3) is 16.5 Å². The molecule has 1 aromatic heterocycles. The van der Waals surface area contributed by atoms with Crippen LogP contribution in [0.3, 0.4) is 0 Å². The van der Waals surface area contributed by atoms with Crippen LogP contribution < -0.4 is 0 Å². The highest BCUT2D eigenvalue weighted by molar-refractivity contribution is 7.16. The van der Waals surface area contributed by atoms with Gasteiger partial charge < -0.3 is 9.64 Å². The molecule has 1 aromatic carbocycles. The number of carbonyl (C=O) groups excluding carboxylic acids is 1. The van der Waals surface area contributed by atoms with Crippen molar-refractivity contribution in [1.82, 2.24) is 4.90 Å². The van der Waals surface area contributed by atoms with Crippen LogP contribution in [-0.2, 0) is 9.53 Å². The van der Waals surface area contributed by atoms with E-state index in [2.05, 4.69) is 0 Å². The molecule has 1 fully saturated rings. The standard InChI is InChI=1S/C17H16ClNO2S/c18-15-4-2-1-3-14(15)16-7-5-13(22-16)6-8-17(20)19-9-11-21-12-10-19/h1-8H,9-12H2/b8-6+. The van der Waals surface area contributed by atoms with Gasteiger partial charge in [-0.05, 0) is 24.3 Å². The van der Waals surface area contributed by atoms with E-state index in [0.717, 1.165) is 20.3 Å². The lowest BCUT2D eigenvalue weighted by Gasteiger charge is -2.25. The Bertz CT molecular complexity index is 689. The molecule has 114 valence electrons. The number of rotatable bonds is 3. The summed E-state index contributed by atoms with van der Waals surface area (Å²) >= 11 is 7.84. The number of morpholine rings is 1. The van der Waals surface area contributed by atoms with Gasteiger partial charge in [0.05, 0.1) is 13.2 Å². The number of benzene rings is 1. The van der Waals surface area contributed by atoms with E-state index in [1.165, 1.54) is 0 Å². The summed E-state index contributed by atoms with van der Waals surface area (Å²) in [5.74, 6) is 0.0380. The summed E-state index contributed by atoms with van der Waals surface area (Å²) in [6, 6.07) is 11.8. The maximum absolute atomic E-state index is 12.1. The van der Waals surface area contributed by atoms with Crippen LogP contribution >= 0.6 is 22.9 Å². The molecule has 2 aromatic rings. The van der Waals surface area contributed by atoms with Gasteiger partial charge in [-0.2, -0.15) is 0 Å². The quantitative estimate of drug-likeness (QED) is 0.796. The first-order valence-corrected chi connectivity index (χ1v) is 8.33. The molecule has 0 bridgehead atoms. The Morgan fingerprint density at radius 3 is 2.73 bits per heavy atom. The maximum atomic E-state index is 12.1. The van der Waals surface area contributed by atoms with E-state index in [0.29, 0.717) is 26.3 Å². The molecular weight excluding hydrogens is 318 g/mol. The Labute approximate surface area is 138 Å². The summed E-state index contributed by atoms with van der Waals surface area (Å²) in [6.45, 7) is 2.57. The van der Waals surface area contributed by atoms with Crippen molar-refractivity contribution in [2.75, 3.05) is 26.3 Å². The van der Waals surface area contributed by atoms with Crippen LogP contribution in [-0.4, -0.2) is 37.1 Å². The Balaban J connectivity index is 1.70. The van der Waals surface area contributed by atoms with Crippen molar-refractivity contribution in [3.63, 3.8) is 0 Å². The second kappa shape index (κ2) is 7.09. The van der Waals surface area contributed by atoms with Gasteiger partial charge in [-0.25, -0.2) is 0 Å². The molecule has 3 nitrogen and oxygen atoms in total. The molecule has 0 unspecified atom stereocenters. The molecule has 1 aliphatic heterocycles. The number of carbonyl (C=O) groups is 1. The van der Waals surface area contributed by atoms with Gasteiger partial charge in [-0.15, -0.1) is 11.3 Å². The van der Waals surface area contributed by atoms with Gasteiger partial charge in [0, 0.05) is 39.5 Å². The third-order valence-electron chi connectivity index (χ3n) is 3.48. The van der Waals surface area contributed by atoms with E-state index < -0.39 is 0 Å². The van der Waals surface area contributed by atoms with Crippen LogP contribution in [0, 0.1) is 0 Å². The van der Waals surface area contributed by atoms with Crippen molar-refractivity contribution in [2.45, 2.75) is 0 Å². The number of hydrogen-bond donors (Lipinski definition) is 0. The van der Waals surface area contributed by atoms with Gasteiger partial charge in [0.2, 0.25) is 5.91 Å². The molecule has 0 aliphatic carbocycles. The zero-order valence-electron chi connectivity index (χ0n) is 12.0. The minimum Gasteiger partial charge on any atom is -0.378 e. The predicted octanol–water partition coefficient (Wildman–Crippen LogP) is 3.94. The summed E-state index contributed by atoms with van der Waals surface area (Å²) in [5, 5.41) is 0.740.